The monoisotopic (exact) mass is 163 g/mol. The predicted octanol–water partition coefficient (Wildman–Crippen LogP) is 2.16. The van der Waals surface area contributed by atoms with Crippen molar-refractivity contribution in [2.45, 2.75) is 32.7 Å². The molecular formula is C5H15SSi2-. The van der Waals surface area contributed by atoms with Gasteiger partial charge in [-0.15, -0.1) is 0 Å². The zero-order valence-electron chi connectivity index (χ0n) is 6.41. The van der Waals surface area contributed by atoms with Crippen molar-refractivity contribution in [2.24, 2.45) is 0 Å². The van der Waals surface area contributed by atoms with E-state index < -0.39 is 14.3 Å². The summed E-state index contributed by atoms with van der Waals surface area (Å²) in [6.45, 7) is 10.5. The first kappa shape index (κ1) is 8.78. The van der Waals surface area contributed by atoms with E-state index in [0.717, 1.165) is 0 Å². The molecular weight excluding hydrogens is 148 g/mol. The fourth-order valence-corrected chi connectivity index (χ4v) is 0. The maximum Gasteiger partial charge on any atom is 0.0136 e. The summed E-state index contributed by atoms with van der Waals surface area (Å²) in [5.41, 5.74) is 0. The fourth-order valence-electron chi connectivity index (χ4n) is 0. The largest absolute Gasteiger partial charge is 0.799 e. The molecule has 0 atom stereocenters. The van der Waals surface area contributed by atoms with Crippen molar-refractivity contribution in [3.05, 3.63) is 0 Å². The van der Waals surface area contributed by atoms with Crippen molar-refractivity contribution in [1.29, 1.82) is 0 Å². The van der Waals surface area contributed by atoms with E-state index in [1.54, 1.807) is 0 Å². The lowest BCUT2D eigenvalue weighted by molar-refractivity contribution is 1.79. The molecule has 0 saturated carbocycles. The maximum atomic E-state index is 5.42. The molecule has 0 aromatic carbocycles. The summed E-state index contributed by atoms with van der Waals surface area (Å²) in [5, 5.41) is 0. The van der Waals surface area contributed by atoms with Crippen LogP contribution in [0.4, 0.5) is 0 Å². The van der Waals surface area contributed by atoms with Gasteiger partial charge in [0.15, 0.2) is 0 Å². The summed E-state index contributed by atoms with van der Waals surface area (Å²) >= 11 is 5.42. The van der Waals surface area contributed by atoms with Crippen LogP contribution in [0.5, 0.6) is 0 Å². The third-order valence-electron chi connectivity index (χ3n) is 1.81. The molecule has 0 amide bonds. The highest BCUT2D eigenvalue weighted by Crippen LogP contribution is 2.15. The van der Waals surface area contributed by atoms with Crippen molar-refractivity contribution in [2.75, 3.05) is 0 Å². The molecule has 0 fully saturated rings. The van der Waals surface area contributed by atoms with E-state index in [0.29, 0.717) is 0 Å². The molecule has 0 aromatic heterocycles. The van der Waals surface area contributed by atoms with E-state index in [-0.39, 0.29) is 0 Å². The Kier molecular flexibility index (Phi) is 2.41. The van der Waals surface area contributed by atoms with Crippen LogP contribution < -0.4 is 0 Å². The summed E-state index contributed by atoms with van der Waals surface area (Å²) < 4.78 is 0. The van der Waals surface area contributed by atoms with Gasteiger partial charge in [-0.25, -0.2) is 0 Å². The lowest BCUT2D eigenvalue weighted by Gasteiger charge is -2.42. The van der Waals surface area contributed by atoms with E-state index >= 15 is 0 Å². The van der Waals surface area contributed by atoms with Gasteiger partial charge in [0.2, 0.25) is 0 Å². The van der Waals surface area contributed by atoms with E-state index in [2.05, 4.69) is 32.7 Å². The van der Waals surface area contributed by atoms with Gasteiger partial charge < -0.3 is 12.1 Å². The van der Waals surface area contributed by atoms with E-state index in [4.69, 9.17) is 12.1 Å². The summed E-state index contributed by atoms with van der Waals surface area (Å²) in [4.78, 5) is 0. The molecule has 0 aliphatic heterocycles. The lowest BCUT2D eigenvalue weighted by Crippen LogP contribution is -2.50. The Morgan fingerprint density at radius 2 is 1.00 bits per heavy atom. The van der Waals surface area contributed by atoms with Crippen LogP contribution in [-0.2, 0) is 12.1 Å². The van der Waals surface area contributed by atoms with E-state index in [9.17, 15) is 0 Å². The molecule has 0 unspecified atom stereocenters. The Morgan fingerprint density at radius 3 is 1.00 bits per heavy atom. The fraction of sp³-hybridized carbons (Fsp3) is 1.00. The molecule has 0 nitrogen and oxygen atoms in total. The normalized spacial score (nSPS) is 14.2. The molecule has 3 heteroatoms. The summed E-state index contributed by atoms with van der Waals surface area (Å²) in [6, 6.07) is 0. The Hall–Kier alpha value is 0.784. The molecule has 0 aliphatic rings. The van der Waals surface area contributed by atoms with Gasteiger partial charge in [0, 0.05) is 7.59 Å². The molecule has 8 heavy (non-hydrogen) atoms. The quantitative estimate of drug-likeness (QED) is 0.422. The van der Waals surface area contributed by atoms with Crippen LogP contribution in [-0.4, -0.2) is 14.3 Å². The molecule has 0 radical (unpaired) electrons. The Balaban J connectivity index is 4.02. The zero-order chi connectivity index (χ0) is 7.00. The summed E-state index contributed by atoms with van der Waals surface area (Å²) in [7, 11) is -0.905. The third kappa shape index (κ3) is 2.37. The minimum Gasteiger partial charge on any atom is -0.799 e. The van der Waals surface area contributed by atoms with Crippen molar-refractivity contribution in [3.8, 4) is 0 Å². The van der Waals surface area contributed by atoms with Crippen LogP contribution >= 0.6 is 0 Å². The average molecular weight is 163 g/mol. The highest BCUT2D eigenvalue weighted by Gasteiger charge is 2.22. The van der Waals surface area contributed by atoms with Crippen LogP contribution in [0.1, 0.15) is 0 Å². The van der Waals surface area contributed by atoms with Gasteiger partial charge in [-0.1, -0.05) is 39.5 Å². The van der Waals surface area contributed by atoms with Crippen LogP contribution in [0.2, 0.25) is 32.7 Å². The van der Waals surface area contributed by atoms with Crippen molar-refractivity contribution < 1.29 is 0 Å². The molecule has 0 saturated heterocycles. The lowest BCUT2D eigenvalue weighted by atomic mass is 11.8. The molecule has 0 aromatic rings. The number of hydrogen-bond donors (Lipinski definition) is 0. The minimum absolute atomic E-state index is 0.905. The van der Waals surface area contributed by atoms with Crippen LogP contribution in [0.15, 0.2) is 0 Å². The van der Waals surface area contributed by atoms with Crippen molar-refractivity contribution >= 4 is 26.4 Å². The first-order chi connectivity index (χ1) is 3.25. The standard InChI is InChI=1S/C5H15SSi2/c1-7(2,3)8(4,5)6/h1-5H3/q-1. The van der Waals surface area contributed by atoms with Crippen LogP contribution in [0.25, 0.3) is 0 Å². The van der Waals surface area contributed by atoms with Crippen LogP contribution in [0, 0.1) is 0 Å². The van der Waals surface area contributed by atoms with Crippen molar-refractivity contribution in [1.82, 2.24) is 0 Å². The SMILES string of the molecule is C[Si](C)(C)[Si](C)(C)[S-]. The van der Waals surface area contributed by atoms with E-state index in [1.165, 1.54) is 0 Å². The Bertz CT molecular complexity index is 65.4. The van der Waals surface area contributed by atoms with Crippen molar-refractivity contribution in [3.63, 3.8) is 0 Å². The molecule has 0 bridgehead atoms. The first-order valence-corrected chi connectivity index (χ1v) is 11.6. The Morgan fingerprint density at radius 1 is 0.875 bits per heavy atom. The molecule has 0 N–H and O–H groups in total. The second-order valence-electron chi connectivity index (χ2n) is 3.76. The molecule has 0 spiro atoms. The topological polar surface area (TPSA) is 0 Å². The summed E-state index contributed by atoms with van der Waals surface area (Å²) in [6.07, 6.45) is 0. The van der Waals surface area contributed by atoms with Gasteiger partial charge >= 0.3 is 0 Å². The maximum absolute atomic E-state index is 5.42. The third-order valence-corrected chi connectivity index (χ3v) is 21.8. The summed E-state index contributed by atoms with van der Waals surface area (Å²) in [5.74, 6) is 0. The highest BCUT2D eigenvalue weighted by molar-refractivity contribution is 8.08. The molecule has 0 rings (SSSR count). The predicted molar refractivity (Wildman–Crippen MR) is 48.2 cm³/mol. The van der Waals surface area contributed by atoms with Crippen LogP contribution in [0.3, 0.4) is 0 Å². The van der Waals surface area contributed by atoms with Gasteiger partial charge in [-0.2, -0.15) is 0 Å². The van der Waals surface area contributed by atoms with E-state index in [1.807, 2.05) is 0 Å². The number of rotatable bonds is 1. The zero-order valence-corrected chi connectivity index (χ0v) is 9.22. The van der Waals surface area contributed by atoms with Gasteiger partial charge in [0.25, 0.3) is 0 Å². The van der Waals surface area contributed by atoms with Gasteiger partial charge in [-0.05, 0) is 0 Å². The minimum atomic E-state index is -1.14. The smallest absolute Gasteiger partial charge is 0.0136 e. The second-order valence-corrected chi connectivity index (χ2v) is 23.7. The molecule has 0 aliphatic carbocycles. The Labute approximate surface area is 59.5 Å². The number of hydrogen-bond acceptors (Lipinski definition) is 1. The highest BCUT2D eigenvalue weighted by atomic mass is 32.3. The van der Waals surface area contributed by atoms with Gasteiger partial charge in [0.1, 0.15) is 0 Å². The molecule has 50 valence electrons. The van der Waals surface area contributed by atoms with Gasteiger partial charge in [-0.3, -0.25) is 0 Å². The van der Waals surface area contributed by atoms with Gasteiger partial charge in [0.05, 0.1) is 0 Å². The second kappa shape index (κ2) is 2.19. The first-order valence-electron chi connectivity index (χ1n) is 2.95. The molecule has 0 heterocycles. The average Bonchev–Trinajstić information content (AvgIpc) is 1.25.